The van der Waals surface area contributed by atoms with E-state index in [4.69, 9.17) is 11.6 Å². The van der Waals surface area contributed by atoms with E-state index in [9.17, 15) is 22.8 Å². The van der Waals surface area contributed by atoms with Crippen molar-refractivity contribution >= 4 is 34.5 Å². The Morgan fingerprint density at radius 3 is 2.46 bits per heavy atom. The summed E-state index contributed by atoms with van der Waals surface area (Å²) >= 11 is 6.26. The first-order valence-corrected chi connectivity index (χ1v) is 12.0. The van der Waals surface area contributed by atoms with Crippen molar-refractivity contribution in [1.82, 2.24) is 29.9 Å². The molecule has 9 nitrogen and oxygen atoms in total. The van der Waals surface area contributed by atoms with Gasteiger partial charge in [0.15, 0.2) is 11.2 Å². The smallest absolute Gasteiger partial charge is 0.324 e. The van der Waals surface area contributed by atoms with Crippen molar-refractivity contribution in [1.29, 1.82) is 0 Å². The van der Waals surface area contributed by atoms with Gasteiger partial charge in [-0.25, -0.2) is 14.5 Å². The number of H-pyrrole nitrogens is 1. The number of halogens is 4. The predicted octanol–water partition coefficient (Wildman–Crippen LogP) is 5.03. The van der Waals surface area contributed by atoms with Gasteiger partial charge in [0, 0.05) is 29.7 Å². The van der Waals surface area contributed by atoms with Gasteiger partial charge in [0.1, 0.15) is 5.82 Å². The normalized spacial score (nSPS) is 15.9. The molecular weight excluding hydrogens is 511 g/mol. The minimum Gasteiger partial charge on any atom is -0.324 e. The molecule has 37 heavy (non-hydrogen) atoms. The number of amides is 2. The molecule has 2 N–H and O–H groups in total. The van der Waals surface area contributed by atoms with Crippen molar-refractivity contribution in [3.05, 3.63) is 68.8 Å². The molecule has 1 saturated heterocycles. The van der Waals surface area contributed by atoms with Gasteiger partial charge in [0.25, 0.3) is 5.56 Å². The Labute approximate surface area is 215 Å². The lowest BCUT2D eigenvalue weighted by atomic mass is 9.96. The fraction of sp³-hybridized carbons (Fsp3) is 0.375. The first kappa shape index (κ1) is 26.4. The molecule has 0 aliphatic carbocycles. The zero-order valence-electron chi connectivity index (χ0n) is 20.1. The van der Waals surface area contributed by atoms with Crippen LogP contribution in [0.1, 0.15) is 44.0 Å². The number of nitrogens with zero attached hydrogens (tertiary/aromatic N) is 5. The van der Waals surface area contributed by atoms with Crippen LogP contribution >= 0.6 is 11.6 Å². The number of rotatable bonds is 5. The number of likely N-dealkylation sites (tertiary alicyclic amines) is 1. The average Bonchev–Trinajstić information content (AvgIpc) is 3.29. The van der Waals surface area contributed by atoms with Crippen molar-refractivity contribution in [3.8, 4) is 0 Å². The van der Waals surface area contributed by atoms with E-state index in [0.717, 1.165) is 17.7 Å². The molecule has 0 spiro atoms. The van der Waals surface area contributed by atoms with Crippen LogP contribution in [0, 0.1) is 0 Å². The van der Waals surface area contributed by atoms with E-state index in [1.165, 1.54) is 16.8 Å². The highest BCUT2D eigenvalue weighted by molar-refractivity contribution is 6.31. The first-order chi connectivity index (χ1) is 17.6. The van der Waals surface area contributed by atoms with Crippen LogP contribution in [0.5, 0.6) is 0 Å². The Morgan fingerprint density at radius 2 is 1.86 bits per heavy atom. The third kappa shape index (κ3) is 5.85. The molecule has 3 heterocycles. The van der Waals surface area contributed by atoms with Crippen LogP contribution in [0.25, 0.3) is 11.2 Å². The summed E-state index contributed by atoms with van der Waals surface area (Å²) in [5.74, 6) is 0.388. The summed E-state index contributed by atoms with van der Waals surface area (Å²) in [6, 6.07) is 3.88. The number of alkyl halides is 3. The van der Waals surface area contributed by atoms with Gasteiger partial charge in [-0.15, -0.1) is 5.10 Å². The molecule has 1 aromatic carbocycles. The molecule has 1 fully saturated rings. The Kier molecular flexibility index (Phi) is 7.67. The monoisotopic (exact) mass is 535 g/mol. The number of carbonyl (C=O) groups excluding carboxylic acids is 1. The van der Waals surface area contributed by atoms with Gasteiger partial charge >= 0.3 is 12.2 Å². The summed E-state index contributed by atoms with van der Waals surface area (Å²) in [5.41, 5.74) is 0.384. The largest absolute Gasteiger partial charge is 0.416 e. The third-order valence-corrected chi connectivity index (χ3v) is 6.71. The highest BCUT2D eigenvalue weighted by Gasteiger charge is 2.30. The summed E-state index contributed by atoms with van der Waals surface area (Å²) in [6.07, 6.45) is 0.269. The van der Waals surface area contributed by atoms with Crippen molar-refractivity contribution < 1.29 is 18.0 Å². The number of benzene rings is 1. The van der Waals surface area contributed by atoms with Crippen molar-refractivity contribution in [3.63, 3.8) is 0 Å². The Hall–Kier alpha value is -3.67. The van der Waals surface area contributed by atoms with Crippen LogP contribution in [-0.4, -0.2) is 49.0 Å². The van der Waals surface area contributed by atoms with Crippen LogP contribution in [0.4, 0.5) is 23.7 Å². The number of fused-ring (bicyclic) bond motifs is 1. The number of allylic oxidation sites excluding steroid dienone is 4. The van der Waals surface area contributed by atoms with Crippen LogP contribution in [0.3, 0.4) is 0 Å². The van der Waals surface area contributed by atoms with Gasteiger partial charge in [0.2, 0.25) is 0 Å². The van der Waals surface area contributed by atoms with E-state index in [-0.39, 0.29) is 17.1 Å². The summed E-state index contributed by atoms with van der Waals surface area (Å²) in [4.78, 5) is 34.3. The number of hydrogen-bond donors (Lipinski definition) is 2. The number of nitrogens with one attached hydrogen (secondary N) is 2. The second kappa shape index (κ2) is 10.8. The lowest BCUT2D eigenvalue weighted by Gasteiger charge is -2.31. The van der Waals surface area contributed by atoms with Gasteiger partial charge in [-0.1, -0.05) is 29.0 Å². The standard InChI is InChI=1S/C24H25ClF3N7O2/c1-3-14(18(25)4-2)13-35-21-19(32-33-35)22(36)31-20(30-21)15-9-11-34(12-10-15)23(37)29-17-7-5-16(6-8-17)24(26,27)28/h3-8,15H,9-13H2,1-2H3,(H,29,37)(H,30,31,36)/b14-3-,18-4+. The second-order valence-corrected chi connectivity index (χ2v) is 8.99. The molecule has 0 atom stereocenters. The lowest BCUT2D eigenvalue weighted by Crippen LogP contribution is -2.41. The third-order valence-electron chi connectivity index (χ3n) is 6.25. The highest BCUT2D eigenvalue weighted by Crippen LogP contribution is 2.30. The van der Waals surface area contributed by atoms with Gasteiger partial charge in [-0.05, 0) is 56.5 Å². The van der Waals surface area contributed by atoms with Crippen molar-refractivity contribution in [2.45, 2.75) is 45.3 Å². The zero-order chi connectivity index (χ0) is 26.7. The topological polar surface area (TPSA) is 109 Å². The SMILES string of the molecule is C/C=C(Cn1nnc2c(=O)[nH]c(C3CCN(C(=O)Nc4ccc(C(F)(F)F)cc4)CC3)nc21)\C(Cl)=C/C. The zero-order valence-corrected chi connectivity index (χ0v) is 20.9. The Morgan fingerprint density at radius 1 is 1.19 bits per heavy atom. The van der Waals surface area contributed by atoms with Crippen LogP contribution in [0.2, 0.25) is 0 Å². The van der Waals surface area contributed by atoms with E-state index in [1.807, 2.05) is 19.9 Å². The van der Waals surface area contributed by atoms with E-state index in [2.05, 4.69) is 25.6 Å². The van der Waals surface area contributed by atoms with Crippen LogP contribution in [-0.2, 0) is 12.7 Å². The minimum atomic E-state index is -4.44. The van der Waals surface area contributed by atoms with Gasteiger partial charge in [-0.3, -0.25) is 4.79 Å². The summed E-state index contributed by atoms with van der Waals surface area (Å²) in [7, 11) is 0. The molecule has 0 unspecified atom stereocenters. The quantitative estimate of drug-likeness (QED) is 0.445. The lowest BCUT2D eigenvalue weighted by molar-refractivity contribution is -0.137. The average molecular weight is 536 g/mol. The first-order valence-electron chi connectivity index (χ1n) is 11.6. The molecule has 0 bridgehead atoms. The maximum absolute atomic E-state index is 12.7. The number of anilines is 1. The number of urea groups is 1. The number of piperidine rings is 1. The summed E-state index contributed by atoms with van der Waals surface area (Å²) < 4.78 is 39.8. The maximum atomic E-state index is 12.7. The number of hydrogen-bond acceptors (Lipinski definition) is 5. The van der Waals surface area contributed by atoms with Crippen molar-refractivity contribution in [2.75, 3.05) is 18.4 Å². The summed E-state index contributed by atoms with van der Waals surface area (Å²) in [5, 5.41) is 11.2. The van der Waals surface area contributed by atoms with Crippen molar-refractivity contribution in [2.24, 2.45) is 0 Å². The highest BCUT2D eigenvalue weighted by atomic mass is 35.5. The van der Waals surface area contributed by atoms with E-state index in [0.29, 0.717) is 49.0 Å². The van der Waals surface area contributed by atoms with Crippen LogP contribution < -0.4 is 10.9 Å². The van der Waals surface area contributed by atoms with E-state index >= 15 is 0 Å². The maximum Gasteiger partial charge on any atom is 0.416 e. The molecule has 2 amide bonds. The minimum absolute atomic E-state index is 0.101. The van der Waals surface area contributed by atoms with Gasteiger partial charge in [-0.2, -0.15) is 13.2 Å². The number of aromatic nitrogens is 5. The number of aromatic amines is 1. The molecule has 3 aromatic rings. The molecule has 196 valence electrons. The van der Waals surface area contributed by atoms with E-state index in [1.54, 1.807) is 11.0 Å². The second-order valence-electron chi connectivity index (χ2n) is 8.59. The summed E-state index contributed by atoms with van der Waals surface area (Å²) in [6.45, 7) is 4.75. The fourth-order valence-electron chi connectivity index (χ4n) is 4.14. The Balaban J connectivity index is 1.44. The molecule has 13 heteroatoms. The fourth-order valence-corrected chi connectivity index (χ4v) is 4.30. The van der Waals surface area contributed by atoms with Gasteiger partial charge in [0.05, 0.1) is 12.1 Å². The molecule has 1 aliphatic heterocycles. The molecule has 2 aromatic heterocycles. The van der Waals surface area contributed by atoms with Crippen LogP contribution in [0.15, 0.2) is 51.8 Å². The molecule has 1 aliphatic rings. The molecule has 4 rings (SSSR count). The predicted molar refractivity (Wildman–Crippen MR) is 133 cm³/mol. The van der Waals surface area contributed by atoms with E-state index < -0.39 is 23.3 Å². The number of carbonyl (C=O) groups is 1. The van der Waals surface area contributed by atoms with Gasteiger partial charge < -0.3 is 15.2 Å². The molecule has 0 radical (unpaired) electrons. The Bertz CT molecular complexity index is 1400. The molecular formula is C24H25ClF3N7O2. The molecule has 0 saturated carbocycles.